The minimum absolute atomic E-state index is 0.0197. The van der Waals surface area contributed by atoms with Gasteiger partial charge in [0.15, 0.2) is 5.96 Å². The largest absolute Gasteiger partial charge is 0.481 e. The first-order chi connectivity index (χ1) is 41.7. The van der Waals surface area contributed by atoms with Crippen LogP contribution in [0.5, 0.6) is 0 Å². The van der Waals surface area contributed by atoms with Crippen molar-refractivity contribution in [1.29, 1.82) is 0 Å². The molecule has 11 atom stereocenters. The van der Waals surface area contributed by atoms with Crippen LogP contribution in [0.25, 0.3) is 0 Å². The van der Waals surface area contributed by atoms with E-state index < -0.39 is 163 Å². The molecular weight excluding hydrogens is 1150 g/mol. The first-order valence-corrected chi connectivity index (χ1v) is 30.0. The Balaban J connectivity index is 3.58. The minimum Gasteiger partial charge on any atom is -0.481 e. The third-order valence-electron chi connectivity index (χ3n) is 14.5. The van der Waals surface area contributed by atoms with E-state index >= 15 is 0 Å². The van der Waals surface area contributed by atoms with E-state index in [1.54, 1.807) is 58.0 Å². The van der Waals surface area contributed by atoms with Crippen LogP contribution in [0.15, 0.2) is 35.3 Å². The van der Waals surface area contributed by atoms with Crippen LogP contribution in [-0.4, -0.2) is 179 Å². The number of carbonyl (C=O) groups is 12. The standard InChI is InChI=1S/C57H98N16O15/c1-5-33(3)46(72-52(83)39(21-12-15-29-60)67-48(79)36(61)23-25-44(75)76)55(86)65-32-43(74)66-37(19-10-13-27-58)49(80)70-41(24-26-45(77)78)51(82)71-42(31-35-17-8-7-9-18-35)54(85)69-38(20-11-14-28-59)50(81)68-40(22-16-30-64-57(62)63)53(84)73-47(56(87)88)34(4)6-2/h7-9,17-18,33-34,36-42,46-47H,5-6,10-16,19-32,58-61H2,1-4H3,(H,65,86)(H,66,74)(H,67,79)(H,68,81)(H,69,85)(H,70,80)(H,71,82)(H,72,83)(H,73,84)(H,75,76)(H,77,78)(H,87,88)(H4,62,63,64). The van der Waals surface area contributed by atoms with Crippen LogP contribution in [0.4, 0.5) is 0 Å². The first kappa shape index (κ1) is 78.0. The second-order valence-corrected chi connectivity index (χ2v) is 21.7. The van der Waals surface area contributed by atoms with Crippen molar-refractivity contribution in [3.8, 4) is 0 Å². The lowest BCUT2D eigenvalue weighted by Gasteiger charge is -2.28. The highest BCUT2D eigenvalue weighted by molar-refractivity contribution is 5.98. The maximum Gasteiger partial charge on any atom is 0.326 e. The molecule has 1 aromatic carbocycles. The molecule has 1 rings (SSSR count). The minimum atomic E-state index is -1.65. The van der Waals surface area contributed by atoms with Gasteiger partial charge in [-0.15, -0.1) is 0 Å². The van der Waals surface area contributed by atoms with Gasteiger partial charge < -0.3 is 97.6 Å². The van der Waals surface area contributed by atoms with Gasteiger partial charge in [-0.3, -0.25) is 57.7 Å². The summed E-state index contributed by atoms with van der Waals surface area (Å²) in [5.41, 5.74) is 34.5. The van der Waals surface area contributed by atoms with Gasteiger partial charge in [0.25, 0.3) is 0 Å². The van der Waals surface area contributed by atoms with Gasteiger partial charge in [-0.25, -0.2) is 4.79 Å². The van der Waals surface area contributed by atoms with Crippen LogP contribution in [0.3, 0.4) is 0 Å². The third kappa shape index (κ3) is 31.6. The van der Waals surface area contributed by atoms with E-state index in [4.69, 9.17) is 39.5 Å². The highest BCUT2D eigenvalue weighted by Crippen LogP contribution is 2.14. The van der Waals surface area contributed by atoms with Gasteiger partial charge in [-0.05, 0) is 121 Å². The van der Waals surface area contributed by atoms with Crippen molar-refractivity contribution in [3.05, 3.63) is 35.9 Å². The van der Waals surface area contributed by atoms with Crippen molar-refractivity contribution in [3.63, 3.8) is 0 Å². The fraction of sp³-hybridized carbons (Fsp3) is 0.667. The highest BCUT2D eigenvalue weighted by Gasteiger charge is 2.36. The van der Waals surface area contributed by atoms with Crippen LogP contribution in [-0.2, 0) is 64.0 Å². The quantitative estimate of drug-likeness (QED) is 0.0175. The van der Waals surface area contributed by atoms with Crippen molar-refractivity contribution in [2.75, 3.05) is 32.7 Å². The summed E-state index contributed by atoms with van der Waals surface area (Å²) in [5.74, 6) is -12.8. The van der Waals surface area contributed by atoms with E-state index in [1.165, 1.54) is 0 Å². The predicted molar refractivity (Wildman–Crippen MR) is 325 cm³/mol. The van der Waals surface area contributed by atoms with Crippen molar-refractivity contribution in [2.45, 2.75) is 198 Å². The molecule has 0 spiro atoms. The number of benzene rings is 1. The Hall–Kier alpha value is -8.03. The van der Waals surface area contributed by atoms with Crippen LogP contribution in [0.2, 0.25) is 0 Å². The van der Waals surface area contributed by atoms with E-state index in [-0.39, 0.29) is 83.5 Å². The second kappa shape index (κ2) is 43.6. The molecule has 0 aliphatic carbocycles. The zero-order valence-corrected chi connectivity index (χ0v) is 51.2. The summed E-state index contributed by atoms with van der Waals surface area (Å²) >= 11 is 0. The molecule has 88 heavy (non-hydrogen) atoms. The van der Waals surface area contributed by atoms with Gasteiger partial charge in [0.2, 0.25) is 53.2 Å². The van der Waals surface area contributed by atoms with Crippen molar-refractivity contribution in [2.24, 2.45) is 51.2 Å². The molecular formula is C57H98N16O15. The lowest BCUT2D eigenvalue weighted by atomic mass is 9.97. The summed E-state index contributed by atoms with van der Waals surface area (Å²) in [6, 6.07) is -3.90. The number of aliphatic carboxylic acids is 3. The molecule has 0 fully saturated rings. The third-order valence-corrected chi connectivity index (χ3v) is 14.5. The Labute approximate surface area is 513 Å². The monoisotopic (exact) mass is 1250 g/mol. The van der Waals surface area contributed by atoms with Gasteiger partial charge in [0.1, 0.15) is 48.3 Å². The number of unbranched alkanes of at least 4 members (excludes halogenated alkanes) is 3. The van der Waals surface area contributed by atoms with E-state index in [9.17, 15) is 67.7 Å². The molecule has 1 aromatic rings. The van der Waals surface area contributed by atoms with Crippen LogP contribution in [0, 0.1) is 11.8 Å². The fourth-order valence-electron chi connectivity index (χ4n) is 8.85. The number of aliphatic imine (C=N–C) groups is 1. The average molecular weight is 1250 g/mol. The molecule has 0 aliphatic rings. The Bertz CT molecular complexity index is 2440. The second-order valence-electron chi connectivity index (χ2n) is 21.7. The summed E-state index contributed by atoms with van der Waals surface area (Å²) in [7, 11) is 0. The van der Waals surface area contributed by atoms with Gasteiger partial charge in [-0.1, -0.05) is 70.9 Å². The molecule has 0 saturated carbocycles. The molecule has 31 nitrogen and oxygen atoms in total. The average Bonchev–Trinajstić information content (AvgIpc) is 3.69. The van der Waals surface area contributed by atoms with Crippen molar-refractivity contribution in [1.82, 2.24) is 47.9 Å². The van der Waals surface area contributed by atoms with Crippen LogP contribution >= 0.6 is 0 Å². The number of hydrogen-bond acceptors (Lipinski definition) is 17. The summed E-state index contributed by atoms with van der Waals surface area (Å²) in [6.45, 7) is 6.83. The smallest absolute Gasteiger partial charge is 0.326 e. The molecule has 0 radical (unpaired) electrons. The Morgan fingerprint density at radius 1 is 0.466 bits per heavy atom. The summed E-state index contributed by atoms with van der Waals surface area (Å²) in [4.78, 5) is 164. The van der Waals surface area contributed by atoms with Crippen molar-refractivity contribution >= 4 is 77.0 Å². The number of nitrogens with zero attached hydrogens (tertiary/aromatic N) is 1. The maximum absolute atomic E-state index is 14.5. The zero-order valence-electron chi connectivity index (χ0n) is 51.2. The molecule has 496 valence electrons. The number of carboxylic acid groups (broad SMARTS) is 3. The zero-order chi connectivity index (χ0) is 66.3. The Morgan fingerprint density at radius 2 is 0.852 bits per heavy atom. The molecule has 0 aliphatic heterocycles. The predicted octanol–water partition coefficient (Wildman–Crippen LogP) is -3.10. The van der Waals surface area contributed by atoms with E-state index in [0.29, 0.717) is 50.5 Å². The molecule has 11 unspecified atom stereocenters. The summed E-state index contributed by atoms with van der Waals surface area (Å²) in [6.07, 6.45) is 1.17. The number of rotatable bonds is 47. The fourth-order valence-corrected chi connectivity index (χ4v) is 8.85. The lowest BCUT2D eigenvalue weighted by molar-refractivity contribution is -0.144. The van der Waals surface area contributed by atoms with Gasteiger partial charge >= 0.3 is 17.9 Å². The highest BCUT2D eigenvalue weighted by atomic mass is 16.4. The van der Waals surface area contributed by atoms with Gasteiger partial charge in [-0.2, -0.15) is 0 Å². The molecule has 24 N–H and O–H groups in total. The van der Waals surface area contributed by atoms with Gasteiger partial charge in [0.05, 0.1) is 12.6 Å². The van der Waals surface area contributed by atoms with Crippen LogP contribution < -0.4 is 82.3 Å². The topological polar surface area (TPSA) is 542 Å². The number of nitrogens with two attached hydrogens (primary N) is 6. The number of hydrogen-bond donors (Lipinski definition) is 18. The Kier molecular flexibility index (Phi) is 38.6. The lowest BCUT2D eigenvalue weighted by Crippen LogP contribution is -2.60. The normalized spacial score (nSPS) is 14.8. The first-order valence-electron chi connectivity index (χ1n) is 30.0. The SMILES string of the molecule is CCC(C)C(NC(=O)C(CCCN=C(N)N)NC(=O)C(CCCCN)NC(=O)C(Cc1ccccc1)NC(=O)C(CCC(=O)O)NC(=O)C(CCCCN)NC(=O)CNC(=O)C(NC(=O)C(CCCCN)NC(=O)C(N)CCC(=O)O)C(C)CC)C(=O)O. The molecule has 0 heterocycles. The summed E-state index contributed by atoms with van der Waals surface area (Å²) in [5, 5.41) is 51.8. The van der Waals surface area contributed by atoms with Crippen molar-refractivity contribution < 1.29 is 72.9 Å². The molecule has 9 amide bonds. The number of guanidine groups is 1. The molecule has 0 aromatic heterocycles. The Morgan fingerprint density at radius 3 is 1.30 bits per heavy atom. The van der Waals surface area contributed by atoms with E-state index in [1.807, 2.05) is 0 Å². The number of nitrogens with one attached hydrogen (secondary N) is 9. The number of carboxylic acids is 3. The summed E-state index contributed by atoms with van der Waals surface area (Å²) < 4.78 is 0. The molecule has 0 bridgehead atoms. The van der Waals surface area contributed by atoms with E-state index in [2.05, 4.69) is 52.8 Å². The number of amides is 9. The van der Waals surface area contributed by atoms with E-state index in [0.717, 1.165) is 0 Å². The van der Waals surface area contributed by atoms with Crippen LogP contribution in [0.1, 0.15) is 142 Å². The maximum atomic E-state index is 14.5. The van der Waals surface area contributed by atoms with Gasteiger partial charge in [0, 0.05) is 25.8 Å². The molecule has 31 heteroatoms. The molecule has 0 saturated heterocycles. The number of carbonyl (C=O) groups excluding carboxylic acids is 9.